The van der Waals surface area contributed by atoms with Crippen LogP contribution in [0.2, 0.25) is 5.02 Å². The molecule has 5 nitrogen and oxygen atoms in total. The number of carbonyl (C=O) groups excluding carboxylic acids is 1. The molecule has 1 aromatic carbocycles. The van der Waals surface area contributed by atoms with E-state index >= 15 is 0 Å². The van der Waals surface area contributed by atoms with Crippen LogP contribution in [-0.2, 0) is 19.6 Å². The van der Waals surface area contributed by atoms with E-state index in [2.05, 4.69) is 20.7 Å². The second kappa shape index (κ2) is 6.89. The molecule has 1 atom stereocenters. The highest BCUT2D eigenvalue weighted by Crippen LogP contribution is 2.26. The van der Waals surface area contributed by atoms with Gasteiger partial charge in [0.1, 0.15) is 0 Å². The van der Waals surface area contributed by atoms with Gasteiger partial charge in [0.05, 0.1) is 22.9 Å². The fraction of sp³-hybridized carbons (Fsp3) is 0.417. The molecule has 0 bridgehead atoms. The Hall–Kier alpha value is -0.630. The summed E-state index contributed by atoms with van der Waals surface area (Å²) in [6.07, 6.45) is 0. The highest BCUT2D eigenvalue weighted by Gasteiger charge is 2.25. The first-order chi connectivity index (χ1) is 9.20. The Morgan fingerprint density at radius 1 is 1.50 bits per heavy atom. The van der Waals surface area contributed by atoms with Crippen LogP contribution in [0.5, 0.6) is 0 Å². The number of rotatable bonds is 5. The third-order valence-electron chi connectivity index (χ3n) is 2.73. The van der Waals surface area contributed by atoms with Crippen molar-refractivity contribution in [3.05, 3.63) is 27.7 Å². The molecule has 0 N–H and O–H groups in total. The average molecular weight is 385 g/mol. The van der Waals surface area contributed by atoms with Gasteiger partial charge in [-0.25, -0.2) is 12.7 Å². The Kier molecular flexibility index (Phi) is 6.00. The Morgan fingerprint density at radius 3 is 2.60 bits per heavy atom. The van der Waals surface area contributed by atoms with Crippen LogP contribution in [0.15, 0.2) is 27.6 Å². The van der Waals surface area contributed by atoms with Gasteiger partial charge in [0.15, 0.2) is 0 Å². The van der Waals surface area contributed by atoms with Crippen molar-refractivity contribution in [2.75, 3.05) is 20.7 Å². The summed E-state index contributed by atoms with van der Waals surface area (Å²) in [6.45, 7) is 1.64. The van der Waals surface area contributed by atoms with Gasteiger partial charge in [-0.05, 0) is 34.1 Å². The number of esters is 1. The third-order valence-corrected chi connectivity index (χ3v) is 5.77. The summed E-state index contributed by atoms with van der Waals surface area (Å²) in [5.74, 6) is -1.00. The molecule has 112 valence electrons. The van der Waals surface area contributed by atoms with Crippen molar-refractivity contribution in [1.82, 2.24) is 4.31 Å². The number of benzene rings is 1. The van der Waals surface area contributed by atoms with Gasteiger partial charge in [0, 0.05) is 18.1 Å². The first-order valence-corrected chi connectivity index (χ1v) is 8.30. The minimum Gasteiger partial charge on any atom is -0.469 e. The number of hydrogen-bond donors (Lipinski definition) is 0. The maximum Gasteiger partial charge on any atom is 0.309 e. The van der Waals surface area contributed by atoms with E-state index in [0.717, 1.165) is 4.31 Å². The Morgan fingerprint density at radius 2 is 2.10 bits per heavy atom. The summed E-state index contributed by atoms with van der Waals surface area (Å²) in [5.41, 5.74) is 0. The normalized spacial score (nSPS) is 13.3. The zero-order valence-electron chi connectivity index (χ0n) is 11.3. The van der Waals surface area contributed by atoms with Crippen molar-refractivity contribution in [3.8, 4) is 0 Å². The summed E-state index contributed by atoms with van der Waals surface area (Å²) in [7, 11) is -0.997. The summed E-state index contributed by atoms with van der Waals surface area (Å²) in [4.78, 5) is 11.4. The van der Waals surface area contributed by atoms with Crippen LogP contribution in [0, 0.1) is 5.92 Å². The van der Waals surface area contributed by atoms with E-state index in [9.17, 15) is 13.2 Å². The molecular weight excluding hydrogens is 370 g/mol. The summed E-state index contributed by atoms with van der Waals surface area (Å²) in [5, 5.41) is 0.425. The standard InChI is InChI=1S/C12H15BrClNO4S/c1-8(12(16)19-3)7-15(2)20(17,18)9-4-5-11(14)10(13)6-9/h4-6,8H,7H2,1-3H3. The van der Waals surface area contributed by atoms with Crippen LogP contribution in [0.4, 0.5) is 0 Å². The molecule has 0 radical (unpaired) electrons. The maximum atomic E-state index is 12.4. The Labute approximate surface area is 132 Å². The van der Waals surface area contributed by atoms with Crippen molar-refractivity contribution in [2.45, 2.75) is 11.8 Å². The van der Waals surface area contributed by atoms with Crippen LogP contribution < -0.4 is 0 Å². The van der Waals surface area contributed by atoms with Crippen LogP contribution >= 0.6 is 27.5 Å². The second-order valence-electron chi connectivity index (χ2n) is 4.29. The largest absolute Gasteiger partial charge is 0.469 e. The number of carbonyl (C=O) groups is 1. The topological polar surface area (TPSA) is 63.7 Å². The number of halogens is 2. The summed E-state index contributed by atoms with van der Waals surface area (Å²) in [6, 6.07) is 4.34. The number of sulfonamides is 1. The molecule has 0 aliphatic rings. The lowest BCUT2D eigenvalue weighted by atomic mass is 10.2. The molecule has 20 heavy (non-hydrogen) atoms. The zero-order valence-corrected chi connectivity index (χ0v) is 14.4. The van der Waals surface area contributed by atoms with E-state index in [1.54, 1.807) is 6.92 Å². The fourth-order valence-electron chi connectivity index (χ4n) is 1.58. The molecule has 0 aliphatic carbocycles. The first-order valence-electron chi connectivity index (χ1n) is 5.69. The SMILES string of the molecule is COC(=O)C(C)CN(C)S(=O)(=O)c1ccc(Cl)c(Br)c1. The lowest BCUT2D eigenvalue weighted by Gasteiger charge is -2.20. The predicted octanol–water partition coefficient (Wildman–Crippen LogP) is 2.53. The van der Waals surface area contributed by atoms with Crippen LogP contribution in [-0.4, -0.2) is 39.4 Å². The van der Waals surface area contributed by atoms with Crippen molar-refractivity contribution < 1.29 is 17.9 Å². The number of hydrogen-bond acceptors (Lipinski definition) is 4. The first kappa shape index (κ1) is 17.4. The van der Waals surface area contributed by atoms with Gasteiger partial charge in [-0.3, -0.25) is 4.79 Å². The quantitative estimate of drug-likeness (QED) is 0.732. The van der Waals surface area contributed by atoms with Gasteiger partial charge in [-0.1, -0.05) is 18.5 Å². The lowest BCUT2D eigenvalue weighted by Crippen LogP contribution is -2.34. The highest BCUT2D eigenvalue weighted by atomic mass is 79.9. The number of ether oxygens (including phenoxy) is 1. The van der Waals surface area contributed by atoms with Crippen LogP contribution in [0.1, 0.15) is 6.92 Å². The monoisotopic (exact) mass is 383 g/mol. The number of nitrogens with zero attached hydrogens (tertiary/aromatic N) is 1. The summed E-state index contributed by atoms with van der Waals surface area (Å²) < 4.78 is 30.9. The van der Waals surface area contributed by atoms with E-state index in [-0.39, 0.29) is 11.4 Å². The Bertz CT molecular complexity index is 605. The molecule has 0 saturated carbocycles. The molecule has 1 aromatic rings. The molecular formula is C12H15BrClNO4S. The van der Waals surface area contributed by atoms with Crippen molar-refractivity contribution in [3.63, 3.8) is 0 Å². The van der Waals surface area contributed by atoms with E-state index in [1.165, 1.54) is 32.4 Å². The van der Waals surface area contributed by atoms with Gasteiger partial charge in [0.2, 0.25) is 10.0 Å². The molecule has 0 saturated heterocycles. The van der Waals surface area contributed by atoms with Gasteiger partial charge in [-0.2, -0.15) is 0 Å². The molecule has 1 rings (SSSR count). The third kappa shape index (κ3) is 3.94. The van der Waals surface area contributed by atoms with Crippen LogP contribution in [0.25, 0.3) is 0 Å². The van der Waals surface area contributed by atoms with E-state index < -0.39 is 21.9 Å². The average Bonchev–Trinajstić information content (AvgIpc) is 2.40. The second-order valence-corrected chi connectivity index (χ2v) is 7.59. The van der Waals surface area contributed by atoms with E-state index in [4.69, 9.17) is 11.6 Å². The van der Waals surface area contributed by atoms with Crippen molar-refractivity contribution in [2.24, 2.45) is 5.92 Å². The van der Waals surface area contributed by atoms with Gasteiger partial charge in [0.25, 0.3) is 0 Å². The van der Waals surface area contributed by atoms with E-state index in [1.807, 2.05) is 0 Å². The molecule has 0 amide bonds. The molecule has 8 heteroatoms. The molecule has 0 fully saturated rings. The van der Waals surface area contributed by atoms with E-state index in [0.29, 0.717) is 9.50 Å². The minimum atomic E-state index is -3.68. The van der Waals surface area contributed by atoms with Crippen LogP contribution in [0.3, 0.4) is 0 Å². The van der Waals surface area contributed by atoms with Crippen molar-refractivity contribution >= 4 is 43.5 Å². The Balaban J connectivity index is 2.98. The smallest absolute Gasteiger partial charge is 0.309 e. The molecule has 0 heterocycles. The zero-order chi connectivity index (χ0) is 15.5. The maximum absolute atomic E-state index is 12.4. The van der Waals surface area contributed by atoms with Crippen molar-refractivity contribution in [1.29, 1.82) is 0 Å². The molecule has 0 spiro atoms. The minimum absolute atomic E-state index is 0.0370. The molecule has 0 aliphatic heterocycles. The summed E-state index contributed by atoms with van der Waals surface area (Å²) >= 11 is 9.02. The molecule has 1 unspecified atom stereocenters. The number of methoxy groups -OCH3 is 1. The highest BCUT2D eigenvalue weighted by molar-refractivity contribution is 9.10. The predicted molar refractivity (Wildman–Crippen MR) is 80.1 cm³/mol. The van der Waals surface area contributed by atoms with Gasteiger partial charge in [-0.15, -0.1) is 0 Å². The molecule has 0 aromatic heterocycles. The fourth-order valence-corrected chi connectivity index (χ4v) is 3.51. The lowest BCUT2D eigenvalue weighted by molar-refractivity contribution is -0.144. The van der Waals surface area contributed by atoms with Gasteiger partial charge >= 0.3 is 5.97 Å². The van der Waals surface area contributed by atoms with Gasteiger partial charge < -0.3 is 4.74 Å².